The summed E-state index contributed by atoms with van der Waals surface area (Å²) in [6.07, 6.45) is 0. The molecule has 0 spiro atoms. The molecule has 0 saturated heterocycles. The van der Waals surface area contributed by atoms with Gasteiger partial charge in [0.2, 0.25) is 0 Å². The van der Waals surface area contributed by atoms with E-state index in [0.29, 0.717) is 11.6 Å². The smallest absolute Gasteiger partial charge is 0.198 e. The van der Waals surface area contributed by atoms with Gasteiger partial charge in [-0.2, -0.15) is 0 Å². The molecule has 8 rings (SSSR count). The number of rotatable bonds is 1. The molecule has 0 saturated carbocycles. The van der Waals surface area contributed by atoms with E-state index in [2.05, 4.69) is 88.4 Å². The first kappa shape index (κ1) is 19.8. The summed E-state index contributed by atoms with van der Waals surface area (Å²) in [5, 5.41) is 9.76. The Morgan fingerprint density at radius 3 is 0.917 bits per heavy atom. The highest BCUT2D eigenvalue weighted by Crippen LogP contribution is 2.39. The molecule has 0 atom stereocenters. The van der Waals surface area contributed by atoms with Crippen LogP contribution in [0.25, 0.3) is 76.8 Å². The van der Waals surface area contributed by atoms with Gasteiger partial charge in [-0.05, 0) is 95.8 Å². The third-order valence-electron chi connectivity index (χ3n) is 7.90. The number of hydrogen-bond acceptors (Lipinski definition) is 4. The number of benzene rings is 6. The molecule has 0 aliphatic heterocycles. The van der Waals surface area contributed by atoms with E-state index in [1.807, 2.05) is 0 Å². The molecule has 0 radical (unpaired) electrons. The van der Waals surface area contributed by atoms with Crippen molar-refractivity contribution in [3.8, 4) is 11.6 Å². The minimum Gasteiger partial charge on any atom is -0.225 e. The van der Waals surface area contributed by atoms with E-state index in [4.69, 9.17) is 19.9 Å². The molecule has 36 heavy (non-hydrogen) atoms. The Morgan fingerprint density at radius 2 is 0.639 bits per heavy atom. The molecule has 0 bridgehead atoms. The van der Waals surface area contributed by atoms with E-state index in [1.165, 1.54) is 54.6 Å². The fraction of sp³-hybridized carbons (Fsp3) is 0.125. The van der Waals surface area contributed by atoms with Gasteiger partial charge in [0.25, 0.3) is 0 Å². The van der Waals surface area contributed by atoms with Gasteiger partial charge in [0.1, 0.15) is 0 Å². The Labute approximate surface area is 207 Å². The number of aryl methyl sites for hydroxylation is 4. The molecule has 0 unspecified atom stereocenters. The van der Waals surface area contributed by atoms with Crippen LogP contribution in [-0.2, 0) is 0 Å². The maximum atomic E-state index is 4.98. The van der Waals surface area contributed by atoms with Crippen LogP contribution in [0, 0.1) is 27.7 Å². The van der Waals surface area contributed by atoms with Gasteiger partial charge >= 0.3 is 0 Å². The van der Waals surface area contributed by atoms with Gasteiger partial charge in [0, 0.05) is 21.5 Å². The van der Waals surface area contributed by atoms with Gasteiger partial charge in [-0.3, -0.25) is 0 Å². The zero-order chi connectivity index (χ0) is 24.3. The van der Waals surface area contributed by atoms with Crippen LogP contribution in [0.2, 0.25) is 0 Å². The zero-order valence-electron chi connectivity index (χ0n) is 20.6. The molecule has 4 heteroatoms. The van der Waals surface area contributed by atoms with Crippen molar-refractivity contribution in [3.05, 3.63) is 82.9 Å². The first-order valence-corrected chi connectivity index (χ1v) is 12.3. The Kier molecular flexibility index (Phi) is 3.64. The molecule has 0 aliphatic carbocycles. The van der Waals surface area contributed by atoms with Crippen molar-refractivity contribution in [3.63, 3.8) is 0 Å². The SMILES string of the molecule is Cc1cc(C)c2ccc3nc(-c4nc5ccc6c(C)cc(C)c7ccc(n4)c5c67)nc4ccc1c2c43. The lowest BCUT2D eigenvalue weighted by atomic mass is 9.92. The topological polar surface area (TPSA) is 51.6 Å². The summed E-state index contributed by atoms with van der Waals surface area (Å²) in [7, 11) is 0. The van der Waals surface area contributed by atoms with Crippen molar-refractivity contribution in [2.24, 2.45) is 0 Å². The summed E-state index contributed by atoms with van der Waals surface area (Å²) >= 11 is 0. The lowest BCUT2D eigenvalue weighted by Crippen LogP contribution is -2.00. The molecule has 2 aromatic heterocycles. The minimum atomic E-state index is 0.562. The quantitative estimate of drug-likeness (QED) is 0.232. The standard InChI is InChI=1S/C32H22N4/c1-15-13-16(2)20-6-10-24-29-23(9-5-19(15)27(20)29)33-31(34-24)32-35-25-11-7-21-17(3)14-18(4)22-8-12-26(36-32)30(25)28(21)22/h5-14H,1-4H3. The molecule has 8 aromatic rings. The van der Waals surface area contributed by atoms with E-state index < -0.39 is 0 Å². The van der Waals surface area contributed by atoms with Crippen LogP contribution in [0.5, 0.6) is 0 Å². The molecule has 2 heterocycles. The molecule has 0 aliphatic rings. The highest BCUT2D eigenvalue weighted by atomic mass is 15.0. The van der Waals surface area contributed by atoms with Crippen molar-refractivity contribution < 1.29 is 0 Å². The number of hydrogen-bond donors (Lipinski definition) is 0. The van der Waals surface area contributed by atoms with Gasteiger partial charge in [0.05, 0.1) is 22.1 Å². The molecule has 170 valence electrons. The van der Waals surface area contributed by atoms with Crippen LogP contribution in [0.4, 0.5) is 0 Å². The normalized spacial score (nSPS) is 12.4. The van der Waals surface area contributed by atoms with E-state index >= 15 is 0 Å². The van der Waals surface area contributed by atoms with Gasteiger partial charge in [-0.25, -0.2) is 19.9 Å². The maximum absolute atomic E-state index is 4.98. The van der Waals surface area contributed by atoms with Crippen LogP contribution < -0.4 is 0 Å². The highest BCUT2D eigenvalue weighted by Gasteiger charge is 2.19. The summed E-state index contributed by atoms with van der Waals surface area (Å²) in [5.41, 5.74) is 8.82. The molecule has 0 fully saturated rings. The Balaban J connectivity index is 1.44. The first-order chi connectivity index (χ1) is 17.5. The summed E-state index contributed by atoms with van der Waals surface area (Å²) in [6, 6.07) is 21.7. The van der Waals surface area contributed by atoms with Crippen LogP contribution in [-0.4, -0.2) is 19.9 Å². The number of nitrogens with zero attached hydrogens (tertiary/aromatic N) is 4. The maximum Gasteiger partial charge on any atom is 0.198 e. The Bertz CT molecular complexity index is 1890. The summed E-state index contributed by atoms with van der Waals surface area (Å²) in [5.74, 6) is 1.12. The predicted octanol–water partition coefficient (Wildman–Crippen LogP) is 7.96. The monoisotopic (exact) mass is 462 g/mol. The molecule has 6 aromatic carbocycles. The zero-order valence-corrected chi connectivity index (χ0v) is 20.6. The third kappa shape index (κ3) is 2.43. The van der Waals surface area contributed by atoms with Crippen molar-refractivity contribution in [1.29, 1.82) is 0 Å². The minimum absolute atomic E-state index is 0.562. The second kappa shape index (κ2) is 6.61. The average molecular weight is 463 g/mol. The fourth-order valence-corrected chi connectivity index (χ4v) is 6.27. The van der Waals surface area contributed by atoms with Crippen LogP contribution in [0.1, 0.15) is 22.3 Å². The second-order valence-electron chi connectivity index (χ2n) is 10.1. The molecule has 4 nitrogen and oxygen atoms in total. The van der Waals surface area contributed by atoms with Crippen molar-refractivity contribution in [2.75, 3.05) is 0 Å². The second-order valence-corrected chi connectivity index (χ2v) is 10.1. The summed E-state index contributed by atoms with van der Waals surface area (Å²) < 4.78 is 0. The van der Waals surface area contributed by atoms with Crippen molar-refractivity contribution in [1.82, 2.24) is 19.9 Å². The van der Waals surface area contributed by atoms with E-state index in [-0.39, 0.29) is 0 Å². The third-order valence-corrected chi connectivity index (χ3v) is 7.90. The molecular weight excluding hydrogens is 440 g/mol. The van der Waals surface area contributed by atoms with Gasteiger partial charge in [0.15, 0.2) is 11.6 Å². The van der Waals surface area contributed by atoms with Gasteiger partial charge < -0.3 is 0 Å². The van der Waals surface area contributed by atoms with Crippen LogP contribution >= 0.6 is 0 Å². The lowest BCUT2D eigenvalue weighted by molar-refractivity contribution is 1.16. The predicted molar refractivity (Wildman–Crippen MR) is 149 cm³/mol. The fourth-order valence-electron chi connectivity index (χ4n) is 6.27. The summed E-state index contributed by atoms with van der Waals surface area (Å²) in [6.45, 7) is 8.69. The van der Waals surface area contributed by atoms with E-state index in [9.17, 15) is 0 Å². The largest absolute Gasteiger partial charge is 0.225 e. The van der Waals surface area contributed by atoms with E-state index in [0.717, 1.165) is 32.8 Å². The Hall–Kier alpha value is -4.44. The Morgan fingerprint density at radius 1 is 0.361 bits per heavy atom. The highest BCUT2D eigenvalue weighted by molar-refractivity contribution is 6.24. The van der Waals surface area contributed by atoms with Crippen LogP contribution in [0.15, 0.2) is 60.7 Å². The van der Waals surface area contributed by atoms with Gasteiger partial charge in [-0.15, -0.1) is 0 Å². The van der Waals surface area contributed by atoms with Crippen molar-refractivity contribution in [2.45, 2.75) is 27.7 Å². The van der Waals surface area contributed by atoms with Crippen molar-refractivity contribution >= 4 is 65.2 Å². The molecular formula is C32H22N4. The van der Waals surface area contributed by atoms with Gasteiger partial charge in [-0.1, -0.05) is 36.4 Å². The summed E-state index contributed by atoms with van der Waals surface area (Å²) in [4.78, 5) is 19.9. The first-order valence-electron chi connectivity index (χ1n) is 12.3. The lowest BCUT2D eigenvalue weighted by Gasteiger charge is -2.15. The number of aromatic nitrogens is 4. The average Bonchev–Trinajstić information content (AvgIpc) is 2.88. The van der Waals surface area contributed by atoms with Crippen LogP contribution in [0.3, 0.4) is 0 Å². The molecule has 0 amide bonds. The van der Waals surface area contributed by atoms with E-state index in [1.54, 1.807) is 0 Å². The molecule has 0 N–H and O–H groups in total.